The van der Waals surface area contributed by atoms with Gasteiger partial charge in [0.05, 0.1) is 10.6 Å². The van der Waals surface area contributed by atoms with E-state index < -0.39 is 12.3 Å². The zero-order valence-electron chi connectivity index (χ0n) is 7.62. The molecule has 0 aromatic heterocycles. The van der Waals surface area contributed by atoms with Gasteiger partial charge in [0.1, 0.15) is 0 Å². The minimum Gasteiger partial charge on any atom is -0.428 e. The van der Waals surface area contributed by atoms with Gasteiger partial charge in [-0.05, 0) is 13.0 Å². The van der Waals surface area contributed by atoms with Crippen LogP contribution in [0.15, 0.2) is 18.2 Å². The van der Waals surface area contributed by atoms with E-state index >= 15 is 0 Å². The van der Waals surface area contributed by atoms with Gasteiger partial charge in [0.25, 0.3) is 0 Å². The van der Waals surface area contributed by atoms with Gasteiger partial charge in [-0.3, -0.25) is 0 Å². The molecule has 1 heterocycles. The van der Waals surface area contributed by atoms with E-state index in [0.29, 0.717) is 22.8 Å². The molecule has 0 N–H and O–H groups in total. The lowest BCUT2D eigenvalue weighted by atomic mass is 10.1. The molecule has 0 bridgehead atoms. The molecule has 1 unspecified atom stereocenters. The molecule has 0 radical (unpaired) electrons. The van der Waals surface area contributed by atoms with Crippen LogP contribution in [0.3, 0.4) is 0 Å². The molecule has 1 aliphatic heterocycles. The summed E-state index contributed by atoms with van der Waals surface area (Å²) in [4.78, 5) is 11.4. The van der Waals surface area contributed by atoms with Crippen LogP contribution in [0, 0.1) is 0 Å². The summed E-state index contributed by atoms with van der Waals surface area (Å²) < 4.78 is 10.3. The van der Waals surface area contributed by atoms with Crippen molar-refractivity contribution in [3.8, 4) is 0 Å². The molecule has 3 nitrogen and oxygen atoms in total. The fourth-order valence-corrected chi connectivity index (χ4v) is 1.71. The van der Waals surface area contributed by atoms with E-state index in [1.165, 1.54) is 0 Å². The lowest BCUT2D eigenvalue weighted by molar-refractivity contribution is -0.0993. The number of benzene rings is 1. The Labute approximate surface area is 86.6 Å². The zero-order chi connectivity index (χ0) is 10.1. The quantitative estimate of drug-likeness (QED) is 0.707. The first-order chi connectivity index (χ1) is 6.74. The predicted octanol–water partition coefficient (Wildman–Crippen LogP) is 2.55. The first-order valence-electron chi connectivity index (χ1n) is 4.35. The van der Waals surface area contributed by atoms with Gasteiger partial charge >= 0.3 is 5.97 Å². The predicted molar refractivity (Wildman–Crippen MR) is 51.2 cm³/mol. The van der Waals surface area contributed by atoms with Crippen molar-refractivity contribution in [3.63, 3.8) is 0 Å². The molecule has 0 saturated heterocycles. The number of carbonyl (C=O) groups excluding carboxylic acids is 1. The Morgan fingerprint density at radius 1 is 1.57 bits per heavy atom. The third kappa shape index (κ3) is 1.38. The Kier molecular flexibility index (Phi) is 2.44. The van der Waals surface area contributed by atoms with E-state index in [1.54, 1.807) is 18.2 Å². The fraction of sp³-hybridized carbons (Fsp3) is 0.300. The van der Waals surface area contributed by atoms with Gasteiger partial charge < -0.3 is 9.47 Å². The highest BCUT2D eigenvalue weighted by Crippen LogP contribution is 2.35. The molecule has 0 amide bonds. The van der Waals surface area contributed by atoms with E-state index in [2.05, 4.69) is 0 Å². The van der Waals surface area contributed by atoms with Crippen LogP contribution in [0.2, 0.25) is 5.02 Å². The molecule has 0 aliphatic carbocycles. The van der Waals surface area contributed by atoms with E-state index in [9.17, 15) is 4.79 Å². The molecule has 1 aromatic carbocycles. The average Bonchev–Trinajstić information content (AvgIpc) is 2.46. The minimum absolute atomic E-state index is 0.412. The summed E-state index contributed by atoms with van der Waals surface area (Å²) in [7, 11) is 0. The maximum Gasteiger partial charge on any atom is 0.342 e. The summed E-state index contributed by atoms with van der Waals surface area (Å²) in [5.74, 6) is -0.413. The highest BCUT2D eigenvalue weighted by atomic mass is 35.5. The van der Waals surface area contributed by atoms with Gasteiger partial charge in [-0.1, -0.05) is 23.7 Å². The first-order valence-corrected chi connectivity index (χ1v) is 4.73. The van der Waals surface area contributed by atoms with Crippen LogP contribution in [0.25, 0.3) is 0 Å². The van der Waals surface area contributed by atoms with Gasteiger partial charge in [-0.2, -0.15) is 0 Å². The summed E-state index contributed by atoms with van der Waals surface area (Å²) in [6, 6.07) is 5.22. The summed E-state index contributed by atoms with van der Waals surface area (Å²) >= 11 is 5.87. The van der Waals surface area contributed by atoms with Crippen LogP contribution in [0.1, 0.15) is 29.1 Å². The van der Waals surface area contributed by atoms with Crippen molar-refractivity contribution in [1.29, 1.82) is 0 Å². The third-order valence-corrected chi connectivity index (χ3v) is 2.35. The summed E-state index contributed by atoms with van der Waals surface area (Å²) in [6.07, 6.45) is -0.596. The van der Waals surface area contributed by atoms with E-state index in [-0.39, 0.29) is 0 Å². The minimum atomic E-state index is -0.596. The lowest BCUT2D eigenvalue weighted by Gasteiger charge is -2.09. The number of hydrogen-bond acceptors (Lipinski definition) is 3. The van der Waals surface area contributed by atoms with E-state index in [1.807, 2.05) is 6.92 Å². The van der Waals surface area contributed by atoms with E-state index in [4.69, 9.17) is 21.1 Å². The Hall–Kier alpha value is -1.06. The van der Waals surface area contributed by atoms with Crippen molar-refractivity contribution in [2.75, 3.05) is 6.61 Å². The number of fused-ring (bicyclic) bond motifs is 1. The van der Waals surface area contributed by atoms with Gasteiger partial charge in [-0.25, -0.2) is 4.79 Å². The molecular formula is C10H9ClO3. The molecule has 14 heavy (non-hydrogen) atoms. The van der Waals surface area contributed by atoms with Gasteiger partial charge in [-0.15, -0.1) is 0 Å². The second-order valence-corrected chi connectivity index (χ2v) is 3.30. The second-order valence-electron chi connectivity index (χ2n) is 2.90. The Bertz CT molecular complexity index is 376. The van der Waals surface area contributed by atoms with Crippen molar-refractivity contribution in [3.05, 3.63) is 34.3 Å². The smallest absolute Gasteiger partial charge is 0.342 e. The topological polar surface area (TPSA) is 35.5 Å². The number of ether oxygens (including phenoxy) is 2. The zero-order valence-corrected chi connectivity index (χ0v) is 8.38. The highest BCUT2D eigenvalue weighted by molar-refractivity contribution is 6.34. The molecule has 74 valence electrons. The number of esters is 1. The second kappa shape index (κ2) is 3.59. The van der Waals surface area contributed by atoms with Crippen molar-refractivity contribution < 1.29 is 14.3 Å². The summed E-state index contributed by atoms with van der Waals surface area (Å²) in [6.45, 7) is 2.33. The molecule has 4 heteroatoms. The van der Waals surface area contributed by atoms with Gasteiger partial charge in [0, 0.05) is 12.2 Å². The monoisotopic (exact) mass is 212 g/mol. The van der Waals surface area contributed by atoms with Crippen LogP contribution < -0.4 is 0 Å². The molecule has 0 saturated carbocycles. The molecule has 1 aliphatic rings. The number of halogens is 1. The first kappa shape index (κ1) is 9.49. The standard InChI is InChI=1S/C10H9ClO3/c1-2-13-10-6-4-3-5-7(11)8(6)9(12)14-10/h3-5,10H,2H2,1H3. The molecule has 0 fully saturated rings. The van der Waals surface area contributed by atoms with Crippen LogP contribution in [0.5, 0.6) is 0 Å². The van der Waals surface area contributed by atoms with E-state index in [0.717, 1.165) is 0 Å². The van der Waals surface area contributed by atoms with Crippen LogP contribution in [0.4, 0.5) is 0 Å². The Morgan fingerprint density at radius 2 is 2.36 bits per heavy atom. The Balaban J connectivity index is 2.44. The fourth-order valence-electron chi connectivity index (χ4n) is 1.45. The maximum absolute atomic E-state index is 11.4. The number of hydrogen-bond donors (Lipinski definition) is 0. The molecule has 1 atom stereocenters. The molecule has 2 rings (SSSR count). The number of rotatable bonds is 2. The largest absolute Gasteiger partial charge is 0.428 e. The number of carbonyl (C=O) groups is 1. The maximum atomic E-state index is 11.4. The summed E-state index contributed by atoms with van der Waals surface area (Å²) in [5, 5.41) is 0.412. The van der Waals surface area contributed by atoms with Crippen molar-refractivity contribution in [2.45, 2.75) is 13.2 Å². The van der Waals surface area contributed by atoms with Crippen molar-refractivity contribution in [2.24, 2.45) is 0 Å². The van der Waals surface area contributed by atoms with Crippen molar-refractivity contribution in [1.82, 2.24) is 0 Å². The van der Waals surface area contributed by atoms with Crippen LogP contribution in [-0.2, 0) is 9.47 Å². The highest BCUT2D eigenvalue weighted by Gasteiger charge is 2.33. The average molecular weight is 213 g/mol. The van der Waals surface area contributed by atoms with Crippen molar-refractivity contribution >= 4 is 17.6 Å². The number of cyclic esters (lactones) is 1. The molecule has 1 aromatic rings. The SMILES string of the molecule is CCOC1OC(=O)c2c(Cl)cccc21. The third-order valence-electron chi connectivity index (χ3n) is 2.04. The molecular weight excluding hydrogens is 204 g/mol. The van der Waals surface area contributed by atoms with Gasteiger partial charge in [0.2, 0.25) is 6.29 Å². The lowest BCUT2D eigenvalue weighted by Crippen LogP contribution is -2.03. The molecule has 0 spiro atoms. The Morgan fingerprint density at radius 3 is 3.07 bits per heavy atom. The summed E-state index contributed by atoms with van der Waals surface area (Å²) in [5.41, 5.74) is 1.14. The normalized spacial score (nSPS) is 19.3. The van der Waals surface area contributed by atoms with Crippen LogP contribution in [-0.4, -0.2) is 12.6 Å². The van der Waals surface area contributed by atoms with Gasteiger partial charge in [0.15, 0.2) is 0 Å². The van der Waals surface area contributed by atoms with Crippen LogP contribution >= 0.6 is 11.6 Å².